The van der Waals surface area contributed by atoms with Crippen LogP contribution in [0.15, 0.2) is 57.9 Å². The molecular weight excluding hydrogens is 560 g/mol. The molecule has 0 saturated carbocycles. The minimum atomic E-state index is -3.65. The fourth-order valence-electron chi connectivity index (χ4n) is 4.50. The predicted octanol–water partition coefficient (Wildman–Crippen LogP) is 9.24. The highest BCUT2D eigenvalue weighted by molar-refractivity contribution is 9.10. The molecule has 1 amide bonds. The molecule has 0 aromatic heterocycles. The molecule has 0 fully saturated rings. The number of amides is 1. The van der Waals surface area contributed by atoms with Gasteiger partial charge in [-0.25, -0.2) is 13.1 Å². The summed E-state index contributed by atoms with van der Waals surface area (Å²) in [6.07, 6.45) is 20.6. The molecule has 38 heavy (non-hydrogen) atoms. The third kappa shape index (κ3) is 13.9. The molecule has 2 aromatic carbocycles. The van der Waals surface area contributed by atoms with Crippen LogP contribution in [-0.2, 0) is 10.0 Å². The SMILES string of the molecule is CCCCCCCCCCCCCCCCCCNS(=O)(=O)c1cccc(C(=O)Nc2ccc(Br)cc2)c1. The molecule has 0 aliphatic carbocycles. The summed E-state index contributed by atoms with van der Waals surface area (Å²) in [5.74, 6) is -0.345. The van der Waals surface area contributed by atoms with Gasteiger partial charge in [-0.05, 0) is 48.9 Å². The second-order valence-electron chi connectivity index (χ2n) is 10.2. The van der Waals surface area contributed by atoms with Gasteiger partial charge in [0.05, 0.1) is 4.90 Å². The highest BCUT2D eigenvalue weighted by Crippen LogP contribution is 2.17. The van der Waals surface area contributed by atoms with Gasteiger partial charge in [-0.15, -0.1) is 0 Å². The lowest BCUT2D eigenvalue weighted by molar-refractivity contribution is 0.102. The number of unbranched alkanes of at least 4 members (excludes halogenated alkanes) is 15. The van der Waals surface area contributed by atoms with Crippen LogP contribution in [0.2, 0.25) is 0 Å². The summed E-state index contributed by atoms with van der Waals surface area (Å²) >= 11 is 3.36. The van der Waals surface area contributed by atoms with Crippen LogP contribution in [0.4, 0.5) is 5.69 Å². The van der Waals surface area contributed by atoms with Gasteiger partial charge in [-0.1, -0.05) is 125 Å². The maximum Gasteiger partial charge on any atom is 0.255 e. The molecule has 0 spiro atoms. The molecule has 0 atom stereocenters. The summed E-state index contributed by atoms with van der Waals surface area (Å²) in [5, 5.41) is 2.79. The standard InChI is InChI=1S/C31H47BrN2O3S/c1-2-3-4-5-6-7-8-9-10-11-12-13-14-15-16-17-25-33-38(36,37)30-20-18-19-27(26-30)31(35)34-29-23-21-28(32)22-24-29/h18-24,26,33H,2-17,25H2,1H3,(H,34,35). The number of hydrogen-bond acceptors (Lipinski definition) is 3. The fraction of sp³-hybridized carbons (Fsp3) is 0.581. The quantitative estimate of drug-likeness (QED) is 0.139. The summed E-state index contributed by atoms with van der Waals surface area (Å²) in [7, 11) is -3.65. The second kappa shape index (κ2) is 19.4. The van der Waals surface area contributed by atoms with Crippen molar-refractivity contribution in [1.29, 1.82) is 0 Å². The lowest BCUT2D eigenvalue weighted by Gasteiger charge is -2.09. The van der Waals surface area contributed by atoms with E-state index in [-0.39, 0.29) is 10.8 Å². The molecule has 0 saturated heterocycles. The first kappa shape index (κ1) is 32.5. The van der Waals surface area contributed by atoms with Crippen molar-refractivity contribution in [3.8, 4) is 0 Å². The molecule has 2 N–H and O–H groups in total. The average molecular weight is 608 g/mol. The normalized spacial score (nSPS) is 11.5. The van der Waals surface area contributed by atoms with Gasteiger partial charge < -0.3 is 5.32 Å². The van der Waals surface area contributed by atoms with Gasteiger partial charge in [0.25, 0.3) is 5.91 Å². The lowest BCUT2D eigenvalue weighted by Crippen LogP contribution is -2.25. The van der Waals surface area contributed by atoms with Crippen molar-refractivity contribution in [3.63, 3.8) is 0 Å². The molecule has 0 aliphatic rings. The molecule has 5 nitrogen and oxygen atoms in total. The summed E-state index contributed by atoms with van der Waals surface area (Å²) in [5.41, 5.74) is 0.950. The molecular formula is C31H47BrN2O3S. The van der Waals surface area contributed by atoms with Crippen LogP contribution in [0.25, 0.3) is 0 Å². The Morgan fingerprint density at radius 3 is 1.74 bits per heavy atom. The number of halogens is 1. The van der Waals surface area contributed by atoms with E-state index in [1.807, 2.05) is 12.1 Å². The third-order valence-electron chi connectivity index (χ3n) is 6.83. The molecule has 0 aliphatic heterocycles. The first-order valence-electron chi connectivity index (χ1n) is 14.6. The van der Waals surface area contributed by atoms with Crippen molar-refractivity contribution < 1.29 is 13.2 Å². The monoisotopic (exact) mass is 606 g/mol. The van der Waals surface area contributed by atoms with Crippen molar-refractivity contribution in [3.05, 3.63) is 58.6 Å². The zero-order chi connectivity index (χ0) is 27.5. The number of anilines is 1. The topological polar surface area (TPSA) is 75.3 Å². The number of carbonyl (C=O) groups is 1. The van der Waals surface area contributed by atoms with Crippen molar-refractivity contribution in [1.82, 2.24) is 4.72 Å². The van der Waals surface area contributed by atoms with Crippen molar-refractivity contribution in [2.75, 3.05) is 11.9 Å². The van der Waals surface area contributed by atoms with Crippen LogP contribution in [0.5, 0.6) is 0 Å². The second-order valence-corrected chi connectivity index (χ2v) is 12.9. The van der Waals surface area contributed by atoms with Gasteiger partial charge in [0.1, 0.15) is 0 Å². The van der Waals surface area contributed by atoms with Gasteiger partial charge in [0, 0.05) is 22.3 Å². The van der Waals surface area contributed by atoms with E-state index in [1.54, 1.807) is 24.3 Å². The molecule has 0 radical (unpaired) electrons. The molecule has 0 unspecified atom stereocenters. The van der Waals surface area contributed by atoms with E-state index in [0.717, 1.165) is 23.7 Å². The number of carbonyl (C=O) groups excluding carboxylic acids is 1. The predicted molar refractivity (Wildman–Crippen MR) is 163 cm³/mol. The summed E-state index contributed by atoms with van der Waals surface area (Å²) in [6, 6.07) is 13.4. The van der Waals surface area contributed by atoms with Crippen LogP contribution in [0, 0.1) is 0 Å². The Labute approximate surface area is 239 Å². The Morgan fingerprint density at radius 2 is 1.21 bits per heavy atom. The lowest BCUT2D eigenvalue weighted by atomic mass is 10.0. The number of sulfonamides is 1. The maximum absolute atomic E-state index is 12.7. The number of hydrogen-bond donors (Lipinski definition) is 2. The van der Waals surface area contributed by atoms with E-state index in [9.17, 15) is 13.2 Å². The maximum atomic E-state index is 12.7. The van der Waals surface area contributed by atoms with Crippen molar-refractivity contribution in [2.45, 2.75) is 115 Å². The number of benzene rings is 2. The molecule has 0 bridgehead atoms. The van der Waals surface area contributed by atoms with Crippen LogP contribution in [-0.4, -0.2) is 20.9 Å². The van der Waals surface area contributed by atoms with Crippen LogP contribution < -0.4 is 10.0 Å². The molecule has 212 valence electrons. The van der Waals surface area contributed by atoms with Crippen LogP contribution in [0.3, 0.4) is 0 Å². The van der Waals surface area contributed by atoms with Gasteiger partial charge >= 0.3 is 0 Å². The Kier molecular flexibility index (Phi) is 16.6. The molecule has 7 heteroatoms. The van der Waals surface area contributed by atoms with Crippen molar-refractivity contribution >= 4 is 37.5 Å². The van der Waals surface area contributed by atoms with Gasteiger partial charge in [0.15, 0.2) is 0 Å². The highest BCUT2D eigenvalue weighted by atomic mass is 79.9. The molecule has 2 aromatic rings. The van der Waals surface area contributed by atoms with E-state index in [1.165, 1.54) is 95.6 Å². The molecule has 0 heterocycles. The smallest absolute Gasteiger partial charge is 0.255 e. The van der Waals surface area contributed by atoms with Gasteiger partial charge in [0.2, 0.25) is 10.0 Å². The number of rotatable bonds is 21. The largest absolute Gasteiger partial charge is 0.322 e. The van der Waals surface area contributed by atoms with E-state index < -0.39 is 10.0 Å². The first-order valence-corrected chi connectivity index (χ1v) is 16.9. The Hall–Kier alpha value is -1.70. The fourth-order valence-corrected chi connectivity index (χ4v) is 5.89. The van der Waals surface area contributed by atoms with Gasteiger partial charge in [-0.3, -0.25) is 4.79 Å². The minimum absolute atomic E-state index is 0.109. The summed E-state index contributed by atoms with van der Waals surface area (Å²) < 4.78 is 29.0. The Bertz CT molecular complexity index is 1030. The van der Waals surface area contributed by atoms with E-state index in [2.05, 4.69) is 32.9 Å². The highest BCUT2D eigenvalue weighted by Gasteiger charge is 2.16. The average Bonchev–Trinajstić information content (AvgIpc) is 2.91. The van der Waals surface area contributed by atoms with E-state index in [4.69, 9.17) is 0 Å². The first-order chi connectivity index (χ1) is 18.4. The molecule has 2 rings (SSSR count). The zero-order valence-corrected chi connectivity index (χ0v) is 25.6. The summed E-state index contributed by atoms with van der Waals surface area (Å²) in [6.45, 7) is 2.68. The minimum Gasteiger partial charge on any atom is -0.322 e. The van der Waals surface area contributed by atoms with E-state index >= 15 is 0 Å². The van der Waals surface area contributed by atoms with Gasteiger partial charge in [-0.2, -0.15) is 0 Å². The Morgan fingerprint density at radius 1 is 0.711 bits per heavy atom. The van der Waals surface area contributed by atoms with Crippen LogP contribution >= 0.6 is 15.9 Å². The van der Waals surface area contributed by atoms with Crippen LogP contribution in [0.1, 0.15) is 120 Å². The van der Waals surface area contributed by atoms with Crippen molar-refractivity contribution in [2.24, 2.45) is 0 Å². The Balaban J connectivity index is 1.54. The zero-order valence-electron chi connectivity index (χ0n) is 23.2. The number of nitrogens with one attached hydrogen (secondary N) is 2. The van der Waals surface area contributed by atoms with E-state index in [0.29, 0.717) is 17.8 Å². The summed E-state index contributed by atoms with van der Waals surface area (Å²) in [4.78, 5) is 12.7. The third-order valence-corrected chi connectivity index (χ3v) is 8.82.